The van der Waals surface area contributed by atoms with Crippen molar-refractivity contribution in [2.45, 2.75) is 19.9 Å². The minimum atomic E-state index is -0.363. The SMILES string of the molecule is Cc1c(C(C)NC(=O)Nc2ccc(N3CCOCC3)cc2)oc2ccc(F)cc12. The van der Waals surface area contributed by atoms with Crippen molar-refractivity contribution < 1.29 is 18.3 Å². The normalized spacial score (nSPS) is 15.3. The summed E-state index contributed by atoms with van der Waals surface area (Å²) < 4.78 is 24.7. The van der Waals surface area contributed by atoms with E-state index in [2.05, 4.69) is 15.5 Å². The molecule has 4 rings (SSSR count). The lowest BCUT2D eigenvalue weighted by molar-refractivity contribution is 0.122. The van der Waals surface area contributed by atoms with Crippen molar-refractivity contribution >= 4 is 28.4 Å². The van der Waals surface area contributed by atoms with Gasteiger partial charge in [-0.3, -0.25) is 0 Å². The Kier molecular flexibility index (Phi) is 5.40. The van der Waals surface area contributed by atoms with E-state index in [0.29, 0.717) is 22.4 Å². The summed E-state index contributed by atoms with van der Waals surface area (Å²) >= 11 is 0. The molecule has 0 spiro atoms. The van der Waals surface area contributed by atoms with E-state index < -0.39 is 0 Å². The monoisotopic (exact) mass is 397 g/mol. The lowest BCUT2D eigenvalue weighted by Gasteiger charge is -2.28. The molecule has 2 aromatic carbocycles. The van der Waals surface area contributed by atoms with Gasteiger partial charge >= 0.3 is 6.03 Å². The van der Waals surface area contributed by atoms with Crippen LogP contribution in [0.2, 0.25) is 0 Å². The number of nitrogens with zero attached hydrogens (tertiary/aromatic N) is 1. The van der Waals surface area contributed by atoms with Gasteiger partial charge in [0.05, 0.1) is 19.3 Å². The Hall–Kier alpha value is -3.06. The number of aryl methyl sites for hydroxylation is 1. The topological polar surface area (TPSA) is 66.7 Å². The fraction of sp³-hybridized carbons (Fsp3) is 0.318. The van der Waals surface area contributed by atoms with Crippen LogP contribution in [0.3, 0.4) is 0 Å². The number of halogens is 1. The fourth-order valence-electron chi connectivity index (χ4n) is 3.63. The fourth-order valence-corrected chi connectivity index (χ4v) is 3.63. The molecule has 1 aliphatic heterocycles. The molecule has 1 aromatic heterocycles. The highest BCUT2D eigenvalue weighted by Crippen LogP contribution is 2.30. The summed E-state index contributed by atoms with van der Waals surface area (Å²) in [6, 6.07) is 11.4. The van der Waals surface area contributed by atoms with Gasteiger partial charge in [-0.2, -0.15) is 0 Å². The quantitative estimate of drug-likeness (QED) is 0.675. The Balaban J connectivity index is 1.39. The lowest BCUT2D eigenvalue weighted by Crippen LogP contribution is -2.36. The zero-order valence-electron chi connectivity index (χ0n) is 16.5. The highest BCUT2D eigenvalue weighted by Gasteiger charge is 2.19. The molecule has 152 valence electrons. The van der Waals surface area contributed by atoms with Crippen LogP contribution in [-0.2, 0) is 4.74 Å². The first-order chi connectivity index (χ1) is 14.0. The second kappa shape index (κ2) is 8.13. The summed E-state index contributed by atoms with van der Waals surface area (Å²) in [7, 11) is 0. The van der Waals surface area contributed by atoms with E-state index in [9.17, 15) is 9.18 Å². The molecule has 6 nitrogen and oxygen atoms in total. The maximum atomic E-state index is 13.5. The number of nitrogens with one attached hydrogen (secondary N) is 2. The number of urea groups is 1. The summed E-state index contributed by atoms with van der Waals surface area (Å²) in [4.78, 5) is 14.7. The Morgan fingerprint density at radius 2 is 1.86 bits per heavy atom. The Morgan fingerprint density at radius 3 is 2.59 bits per heavy atom. The number of furan rings is 1. The minimum absolute atomic E-state index is 0.313. The molecule has 0 radical (unpaired) electrons. The largest absolute Gasteiger partial charge is 0.459 e. The molecule has 1 fully saturated rings. The molecule has 29 heavy (non-hydrogen) atoms. The Morgan fingerprint density at radius 1 is 1.14 bits per heavy atom. The molecule has 1 aliphatic rings. The van der Waals surface area contributed by atoms with Crippen molar-refractivity contribution in [3.05, 3.63) is 59.6 Å². The maximum absolute atomic E-state index is 13.5. The van der Waals surface area contributed by atoms with Crippen LogP contribution in [0.1, 0.15) is 24.3 Å². The van der Waals surface area contributed by atoms with Crippen LogP contribution >= 0.6 is 0 Å². The maximum Gasteiger partial charge on any atom is 0.319 e. The van der Waals surface area contributed by atoms with Crippen LogP contribution in [0.5, 0.6) is 0 Å². The molecule has 1 atom stereocenters. The Labute approximate surface area is 168 Å². The molecule has 3 aromatic rings. The van der Waals surface area contributed by atoms with Crippen molar-refractivity contribution in [1.29, 1.82) is 0 Å². The van der Waals surface area contributed by atoms with Crippen molar-refractivity contribution in [1.82, 2.24) is 5.32 Å². The number of benzene rings is 2. The summed E-state index contributed by atoms with van der Waals surface area (Å²) in [5.41, 5.74) is 3.24. The second-order valence-corrected chi connectivity index (χ2v) is 7.20. The van der Waals surface area contributed by atoms with Crippen LogP contribution in [-0.4, -0.2) is 32.3 Å². The van der Waals surface area contributed by atoms with Gasteiger partial charge in [0.1, 0.15) is 17.2 Å². The zero-order valence-corrected chi connectivity index (χ0v) is 16.5. The number of hydrogen-bond acceptors (Lipinski definition) is 4. The van der Waals surface area contributed by atoms with Gasteiger partial charge in [-0.15, -0.1) is 0 Å². The first-order valence-electron chi connectivity index (χ1n) is 9.70. The third kappa shape index (κ3) is 4.19. The van der Waals surface area contributed by atoms with Gasteiger partial charge in [-0.05, 0) is 56.3 Å². The summed E-state index contributed by atoms with van der Waals surface area (Å²) in [5, 5.41) is 6.43. The number of anilines is 2. The third-order valence-electron chi connectivity index (χ3n) is 5.18. The van der Waals surface area contributed by atoms with E-state index in [1.165, 1.54) is 12.1 Å². The average Bonchev–Trinajstić information content (AvgIpc) is 3.05. The average molecular weight is 397 g/mol. The molecular weight excluding hydrogens is 373 g/mol. The predicted molar refractivity (Wildman–Crippen MR) is 111 cm³/mol. The van der Waals surface area contributed by atoms with Gasteiger partial charge in [-0.25, -0.2) is 9.18 Å². The van der Waals surface area contributed by atoms with Crippen LogP contribution in [0.4, 0.5) is 20.6 Å². The lowest BCUT2D eigenvalue weighted by atomic mass is 10.1. The summed E-state index contributed by atoms with van der Waals surface area (Å²) in [5.74, 6) is 0.301. The van der Waals surface area contributed by atoms with Gasteiger partial charge in [0.15, 0.2) is 0 Å². The standard InChI is InChI=1S/C22H24FN3O3/c1-14-19-13-16(23)3-8-20(19)29-21(14)15(2)24-22(27)25-17-4-6-18(7-5-17)26-9-11-28-12-10-26/h3-8,13,15H,9-12H2,1-2H3,(H2,24,25,27). The molecule has 7 heteroatoms. The molecular formula is C22H24FN3O3. The number of carbonyl (C=O) groups is 1. The van der Waals surface area contributed by atoms with Crippen molar-refractivity contribution in [2.24, 2.45) is 0 Å². The Bertz CT molecular complexity index is 1010. The van der Waals surface area contributed by atoms with Gasteiger partial charge in [0.2, 0.25) is 0 Å². The molecule has 0 aliphatic carbocycles. The number of ether oxygens (including phenoxy) is 1. The first kappa shape index (κ1) is 19.3. The smallest absolute Gasteiger partial charge is 0.319 e. The molecule has 0 saturated carbocycles. The second-order valence-electron chi connectivity index (χ2n) is 7.20. The molecule has 1 saturated heterocycles. The van der Waals surface area contributed by atoms with Gasteiger partial charge < -0.3 is 24.7 Å². The highest BCUT2D eigenvalue weighted by atomic mass is 19.1. The number of fused-ring (bicyclic) bond motifs is 1. The van der Waals surface area contributed by atoms with E-state index in [1.54, 1.807) is 6.07 Å². The number of rotatable bonds is 4. The number of morpholine rings is 1. The predicted octanol–water partition coefficient (Wildman–Crippen LogP) is 4.60. The first-order valence-corrected chi connectivity index (χ1v) is 9.70. The number of hydrogen-bond donors (Lipinski definition) is 2. The van der Waals surface area contributed by atoms with Gasteiger partial charge in [0, 0.05) is 35.4 Å². The van der Waals surface area contributed by atoms with Gasteiger partial charge in [-0.1, -0.05) is 0 Å². The molecule has 2 heterocycles. The van der Waals surface area contributed by atoms with Crippen LogP contribution < -0.4 is 15.5 Å². The minimum Gasteiger partial charge on any atom is -0.459 e. The molecule has 1 unspecified atom stereocenters. The summed E-state index contributed by atoms with van der Waals surface area (Å²) in [6.07, 6.45) is 0. The third-order valence-corrected chi connectivity index (χ3v) is 5.18. The van der Waals surface area contributed by atoms with E-state index in [0.717, 1.165) is 37.6 Å². The molecule has 2 amide bonds. The van der Waals surface area contributed by atoms with E-state index in [1.807, 2.05) is 38.1 Å². The van der Waals surface area contributed by atoms with E-state index in [4.69, 9.17) is 9.15 Å². The number of carbonyl (C=O) groups excluding carboxylic acids is 1. The van der Waals surface area contributed by atoms with Crippen LogP contribution in [0.25, 0.3) is 11.0 Å². The molecule has 0 bridgehead atoms. The number of amides is 2. The molecule has 2 N–H and O–H groups in total. The summed E-state index contributed by atoms with van der Waals surface area (Å²) in [6.45, 7) is 6.89. The van der Waals surface area contributed by atoms with Crippen molar-refractivity contribution in [3.63, 3.8) is 0 Å². The van der Waals surface area contributed by atoms with Crippen molar-refractivity contribution in [2.75, 3.05) is 36.5 Å². The van der Waals surface area contributed by atoms with Crippen LogP contribution in [0.15, 0.2) is 46.9 Å². The van der Waals surface area contributed by atoms with Gasteiger partial charge in [0.25, 0.3) is 0 Å². The zero-order chi connectivity index (χ0) is 20.4. The van der Waals surface area contributed by atoms with E-state index >= 15 is 0 Å². The van der Waals surface area contributed by atoms with E-state index in [-0.39, 0.29) is 17.9 Å². The van der Waals surface area contributed by atoms with Crippen molar-refractivity contribution in [3.8, 4) is 0 Å². The highest BCUT2D eigenvalue weighted by molar-refractivity contribution is 5.90. The van der Waals surface area contributed by atoms with Crippen LogP contribution in [0, 0.1) is 12.7 Å².